The van der Waals surface area contributed by atoms with Crippen molar-refractivity contribution in [3.63, 3.8) is 0 Å². The fraction of sp³-hybridized carbons (Fsp3) is 0.550. The zero-order chi connectivity index (χ0) is 17.8. The lowest BCUT2D eigenvalue weighted by Gasteiger charge is -2.38. The summed E-state index contributed by atoms with van der Waals surface area (Å²) in [6, 6.07) is 7.83. The first kappa shape index (κ1) is 17.5. The summed E-state index contributed by atoms with van der Waals surface area (Å²) in [5, 5.41) is 0. The third kappa shape index (κ3) is 3.92. The molecule has 0 bridgehead atoms. The maximum atomic E-state index is 6.00. The second-order valence-electron chi connectivity index (χ2n) is 7.22. The molecular formula is C20H26N2O4. The number of benzene rings is 1. The first-order valence-electron chi connectivity index (χ1n) is 9.23. The summed E-state index contributed by atoms with van der Waals surface area (Å²) in [6.45, 7) is 5.88. The molecule has 1 spiro atoms. The Morgan fingerprint density at radius 3 is 2.69 bits per heavy atom. The van der Waals surface area contributed by atoms with Crippen molar-refractivity contribution in [2.45, 2.75) is 19.4 Å². The van der Waals surface area contributed by atoms with E-state index < -0.39 is 0 Å². The Morgan fingerprint density at radius 2 is 1.92 bits per heavy atom. The topological polar surface area (TPSA) is 57.0 Å². The van der Waals surface area contributed by atoms with E-state index in [1.807, 2.05) is 24.3 Å². The summed E-state index contributed by atoms with van der Waals surface area (Å²) in [7, 11) is 1.66. The normalized spacial score (nSPS) is 20.8. The summed E-state index contributed by atoms with van der Waals surface area (Å²) in [6.07, 6.45) is 3.92. The van der Waals surface area contributed by atoms with Crippen LogP contribution in [0.2, 0.25) is 0 Å². The van der Waals surface area contributed by atoms with E-state index in [9.17, 15) is 0 Å². The molecule has 0 radical (unpaired) electrons. The number of rotatable bonds is 4. The summed E-state index contributed by atoms with van der Waals surface area (Å²) < 4.78 is 22.6. The highest BCUT2D eigenvalue weighted by Gasteiger charge is 2.36. The molecule has 3 heterocycles. The van der Waals surface area contributed by atoms with Crippen molar-refractivity contribution in [1.82, 2.24) is 9.88 Å². The standard InChI is InChI=1S/C20H26N2O4/c1-23-17-4-2-16(3-5-17)18-12-21-19(26-18)13-22-8-11-25-15-20(14-22)6-9-24-10-7-20/h2-5,12H,6-11,13-15H2,1H3. The number of aromatic nitrogens is 1. The molecular weight excluding hydrogens is 332 g/mol. The minimum atomic E-state index is 0.208. The minimum absolute atomic E-state index is 0.208. The smallest absolute Gasteiger partial charge is 0.209 e. The summed E-state index contributed by atoms with van der Waals surface area (Å²) in [4.78, 5) is 6.89. The number of methoxy groups -OCH3 is 1. The number of ether oxygens (including phenoxy) is 3. The van der Waals surface area contributed by atoms with E-state index in [0.29, 0.717) is 6.54 Å². The monoisotopic (exact) mass is 358 g/mol. The fourth-order valence-electron chi connectivity index (χ4n) is 3.79. The van der Waals surface area contributed by atoms with E-state index in [2.05, 4.69) is 9.88 Å². The first-order chi connectivity index (χ1) is 12.8. The van der Waals surface area contributed by atoms with Crippen LogP contribution in [-0.4, -0.2) is 56.5 Å². The zero-order valence-electron chi connectivity index (χ0n) is 15.3. The third-order valence-electron chi connectivity index (χ3n) is 5.36. The average Bonchev–Trinajstić information content (AvgIpc) is 3.06. The summed E-state index contributed by atoms with van der Waals surface area (Å²) in [5.74, 6) is 2.37. The molecule has 0 saturated carbocycles. The molecule has 2 aromatic rings. The number of oxazole rings is 1. The van der Waals surface area contributed by atoms with Gasteiger partial charge in [0.05, 0.1) is 33.1 Å². The van der Waals surface area contributed by atoms with E-state index in [-0.39, 0.29) is 5.41 Å². The number of hydrogen-bond acceptors (Lipinski definition) is 6. The SMILES string of the molecule is COc1ccc(-c2cnc(CN3CCOCC4(CCOCC4)C3)o2)cc1. The molecule has 2 saturated heterocycles. The van der Waals surface area contributed by atoms with Gasteiger partial charge >= 0.3 is 0 Å². The van der Waals surface area contributed by atoms with Gasteiger partial charge in [0.15, 0.2) is 5.76 Å². The molecule has 6 nitrogen and oxygen atoms in total. The van der Waals surface area contributed by atoms with E-state index in [1.54, 1.807) is 13.3 Å². The Morgan fingerprint density at radius 1 is 1.12 bits per heavy atom. The van der Waals surface area contributed by atoms with Gasteiger partial charge in [0.25, 0.3) is 0 Å². The van der Waals surface area contributed by atoms with Crippen LogP contribution in [0.3, 0.4) is 0 Å². The number of nitrogens with zero attached hydrogens (tertiary/aromatic N) is 2. The molecule has 1 aromatic heterocycles. The Bertz CT molecular complexity index is 707. The van der Waals surface area contributed by atoms with Crippen LogP contribution in [0.5, 0.6) is 5.75 Å². The molecule has 0 amide bonds. The van der Waals surface area contributed by atoms with E-state index in [4.69, 9.17) is 18.6 Å². The average molecular weight is 358 g/mol. The molecule has 4 rings (SSSR count). The second-order valence-corrected chi connectivity index (χ2v) is 7.22. The van der Waals surface area contributed by atoms with Crippen LogP contribution in [0.15, 0.2) is 34.9 Å². The third-order valence-corrected chi connectivity index (χ3v) is 5.36. The van der Waals surface area contributed by atoms with Crippen molar-refractivity contribution in [3.8, 4) is 17.1 Å². The van der Waals surface area contributed by atoms with Crippen molar-refractivity contribution in [1.29, 1.82) is 0 Å². The quantitative estimate of drug-likeness (QED) is 0.837. The van der Waals surface area contributed by atoms with Crippen molar-refractivity contribution >= 4 is 0 Å². The van der Waals surface area contributed by atoms with Crippen molar-refractivity contribution in [2.75, 3.05) is 46.6 Å². The lowest BCUT2D eigenvalue weighted by Crippen LogP contribution is -2.42. The van der Waals surface area contributed by atoms with Gasteiger partial charge in [0.2, 0.25) is 5.89 Å². The molecule has 2 aliphatic rings. The van der Waals surface area contributed by atoms with Crippen LogP contribution in [0.25, 0.3) is 11.3 Å². The van der Waals surface area contributed by atoms with E-state index in [1.165, 1.54) is 0 Å². The lowest BCUT2D eigenvalue weighted by molar-refractivity contribution is -0.0323. The maximum absolute atomic E-state index is 6.00. The van der Waals surface area contributed by atoms with Gasteiger partial charge < -0.3 is 18.6 Å². The van der Waals surface area contributed by atoms with Gasteiger partial charge in [-0.1, -0.05) is 0 Å². The second kappa shape index (κ2) is 7.78. The molecule has 0 aliphatic carbocycles. The van der Waals surface area contributed by atoms with Crippen LogP contribution in [-0.2, 0) is 16.0 Å². The molecule has 140 valence electrons. The molecule has 0 N–H and O–H groups in total. The Labute approximate surface area is 154 Å². The largest absolute Gasteiger partial charge is 0.497 e. The maximum Gasteiger partial charge on any atom is 0.209 e. The molecule has 0 unspecified atom stereocenters. The molecule has 2 aliphatic heterocycles. The molecule has 0 atom stereocenters. The van der Waals surface area contributed by atoms with Crippen molar-refractivity contribution in [3.05, 3.63) is 36.4 Å². The van der Waals surface area contributed by atoms with Crippen LogP contribution >= 0.6 is 0 Å². The molecule has 26 heavy (non-hydrogen) atoms. The summed E-state index contributed by atoms with van der Waals surface area (Å²) >= 11 is 0. The first-order valence-corrected chi connectivity index (χ1v) is 9.23. The lowest BCUT2D eigenvalue weighted by atomic mass is 9.80. The summed E-state index contributed by atoms with van der Waals surface area (Å²) in [5.41, 5.74) is 1.21. The molecule has 6 heteroatoms. The van der Waals surface area contributed by atoms with Gasteiger partial charge in [-0.2, -0.15) is 0 Å². The van der Waals surface area contributed by atoms with Gasteiger partial charge in [0.1, 0.15) is 5.75 Å². The van der Waals surface area contributed by atoms with E-state index >= 15 is 0 Å². The van der Waals surface area contributed by atoms with Crippen molar-refractivity contribution < 1.29 is 18.6 Å². The Hall–Kier alpha value is -1.89. The van der Waals surface area contributed by atoms with Crippen molar-refractivity contribution in [2.24, 2.45) is 5.41 Å². The predicted molar refractivity (Wildman–Crippen MR) is 97.1 cm³/mol. The zero-order valence-corrected chi connectivity index (χ0v) is 15.3. The highest BCUT2D eigenvalue weighted by atomic mass is 16.5. The minimum Gasteiger partial charge on any atom is -0.497 e. The van der Waals surface area contributed by atoms with Gasteiger partial charge in [-0.05, 0) is 37.1 Å². The number of hydrogen-bond donors (Lipinski definition) is 0. The Kier molecular flexibility index (Phi) is 5.24. The van der Waals surface area contributed by atoms with Crippen LogP contribution < -0.4 is 4.74 Å². The van der Waals surface area contributed by atoms with Crippen LogP contribution in [0, 0.1) is 5.41 Å². The van der Waals surface area contributed by atoms with Gasteiger partial charge in [-0.3, -0.25) is 4.90 Å². The highest BCUT2D eigenvalue weighted by Crippen LogP contribution is 2.34. The van der Waals surface area contributed by atoms with Crippen LogP contribution in [0.1, 0.15) is 18.7 Å². The predicted octanol–water partition coefficient (Wildman–Crippen LogP) is 2.98. The van der Waals surface area contributed by atoms with Crippen LogP contribution in [0.4, 0.5) is 0 Å². The van der Waals surface area contributed by atoms with Gasteiger partial charge in [-0.25, -0.2) is 4.98 Å². The molecule has 2 fully saturated rings. The Balaban J connectivity index is 1.44. The van der Waals surface area contributed by atoms with Gasteiger partial charge in [0, 0.05) is 37.3 Å². The van der Waals surface area contributed by atoms with E-state index in [0.717, 1.165) is 75.3 Å². The molecule has 1 aromatic carbocycles. The highest BCUT2D eigenvalue weighted by molar-refractivity contribution is 5.57. The van der Waals surface area contributed by atoms with Gasteiger partial charge in [-0.15, -0.1) is 0 Å². The fourth-order valence-corrected chi connectivity index (χ4v) is 3.79.